The minimum absolute atomic E-state index is 0.117. The van der Waals surface area contributed by atoms with Gasteiger partial charge in [0.15, 0.2) is 12.6 Å². The van der Waals surface area contributed by atoms with Crippen molar-refractivity contribution in [1.82, 2.24) is 0 Å². The Hall–Kier alpha value is -3.16. The topological polar surface area (TPSA) is 111 Å². The smallest absolute Gasteiger partial charge is 0.305 e. The minimum Gasteiger partial charge on any atom is -0.469 e. The molecule has 2 heterocycles. The first-order valence-electron chi connectivity index (χ1n) is 8.74. The SMILES string of the molecule is COC(=O)CCC1=C(C)C(C=O)=NC1=C1N=C(C=O)C(C)=C1CCC(=O)OC. The van der Waals surface area contributed by atoms with Crippen LogP contribution in [0.5, 0.6) is 0 Å². The zero-order valence-corrected chi connectivity index (χ0v) is 16.3. The number of allylic oxidation sites excluding steroid dienone is 4. The van der Waals surface area contributed by atoms with Gasteiger partial charge in [0.05, 0.1) is 25.6 Å². The quantitative estimate of drug-likeness (QED) is 0.466. The molecule has 0 amide bonds. The molecule has 0 saturated heterocycles. The molecule has 0 N–H and O–H groups in total. The van der Waals surface area contributed by atoms with E-state index in [-0.39, 0.29) is 36.2 Å². The maximum absolute atomic E-state index is 11.6. The second-order valence-electron chi connectivity index (χ2n) is 6.29. The van der Waals surface area contributed by atoms with Crippen LogP contribution in [0.3, 0.4) is 0 Å². The maximum Gasteiger partial charge on any atom is 0.305 e. The van der Waals surface area contributed by atoms with Crippen LogP contribution in [0.25, 0.3) is 0 Å². The number of nitrogens with zero attached hydrogens (tertiary/aromatic N) is 2. The summed E-state index contributed by atoms with van der Waals surface area (Å²) in [5, 5.41) is 0. The van der Waals surface area contributed by atoms with E-state index in [0.717, 1.165) is 0 Å². The third kappa shape index (κ3) is 4.21. The first-order chi connectivity index (χ1) is 13.4. The molecule has 8 nitrogen and oxygen atoms in total. The summed E-state index contributed by atoms with van der Waals surface area (Å²) in [6.45, 7) is 3.49. The van der Waals surface area contributed by atoms with Crippen LogP contribution in [-0.4, -0.2) is 50.2 Å². The Morgan fingerprint density at radius 1 is 0.786 bits per heavy atom. The highest BCUT2D eigenvalue weighted by Crippen LogP contribution is 2.38. The summed E-state index contributed by atoms with van der Waals surface area (Å²) in [4.78, 5) is 54.7. The number of esters is 2. The summed E-state index contributed by atoms with van der Waals surface area (Å²) in [6.07, 6.45) is 2.15. The first-order valence-corrected chi connectivity index (χ1v) is 8.74. The summed E-state index contributed by atoms with van der Waals surface area (Å²) in [5.74, 6) is -0.768. The molecule has 148 valence electrons. The highest BCUT2D eigenvalue weighted by atomic mass is 16.5. The van der Waals surface area contributed by atoms with Crippen LogP contribution in [-0.2, 0) is 28.7 Å². The fraction of sp³-hybridized carbons (Fsp3) is 0.400. The van der Waals surface area contributed by atoms with Gasteiger partial charge in [0.2, 0.25) is 0 Å². The number of rotatable bonds is 8. The molecule has 2 rings (SSSR count). The van der Waals surface area contributed by atoms with Gasteiger partial charge in [0.25, 0.3) is 0 Å². The van der Waals surface area contributed by atoms with Gasteiger partial charge in [-0.2, -0.15) is 0 Å². The standard InChI is InChI=1S/C20H22N2O6/c1-11-13(5-7-17(25)27-3)19(21-15(11)9-23)20-14(6-8-18(26)28-4)12(2)16(10-24)22-20/h9-10H,5-8H2,1-4H3. The van der Waals surface area contributed by atoms with E-state index in [9.17, 15) is 19.2 Å². The zero-order valence-electron chi connectivity index (χ0n) is 16.3. The van der Waals surface area contributed by atoms with Crippen LogP contribution in [0.15, 0.2) is 43.7 Å². The summed E-state index contributed by atoms with van der Waals surface area (Å²) < 4.78 is 9.38. The minimum atomic E-state index is -0.384. The van der Waals surface area contributed by atoms with Gasteiger partial charge in [0.1, 0.15) is 11.4 Å². The van der Waals surface area contributed by atoms with Crippen molar-refractivity contribution in [2.24, 2.45) is 9.98 Å². The van der Waals surface area contributed by atoms with Gasteiger partial charge in [-0.3, -0.25) is 19.2 Å². The van der Waals surface area contributed by atoms with Gasteiger partial charge in [0, 0.05) is 12.8 Å². The lowest BCUT2D eigenvalue weighted by molar-refractivity contribution is -0.141. The van der Waals surface area contributed by atoms with E-state index in [1.165, 1.54) is 14.2 Å². The zero-order chi connectivity index (χ0) is 20.8. The molecule has 0 aromatic rings. The average molecular weight is 386 g/mol. The van der Waals surface area contributed by atoms with Crippen molar-refractivity contribution in [3.8, 4) is 0 Å². The number of carbonyl (C=O) groups excluding carboxylic acids is 4. The number of carbonyl (C=O) groups is 4. The molecule has 0 unspecified atom stereocenters. The van der Waals surface area contributed by atoms with Gasteiger partial charge < -0.3 is 9.47 Å². The second kappa shape index (κ2) is 9.16. The van der Waals surface area contributed by atoms with Crippen molar-refractivity contribution >= 4 is 35.9 Å². The fourth-order valence-electron chi connectivity index (χ4n) is 3.10. The van der Waals surface area contributed by atoms with E-state index in [1.807, 2.05) is 0 Å². The third-order valence-electron chi connectivity index (χ3n) is 4.77. The molecule has 0 fully saturated rings. The largest absolute Gasteiger partial charge is 0.469 e. The Morgan fingerprint density at radius 3 is 1.43 bits per heavy atom. The van der Waals surface area contributed by atoms with Crippen LogP contribution in [0, 0.1) is 0 Å². The lowest BCUT2D eigenvalue weighted by Gasteiger charge is -2.10. The number of aldehydes is 2. The Bertz CT molecular complexity index is 814. The Morgan fingerprint density at radius 2 is 1.14 bits per heavy atom. The lowest BCUT2D eigenvalue weighted by Crippen LogP contribution is -2.04. The van der Waals surface area contributed by atoms with E-state index >= 15 is 0 Å². The van der Waals surface area contributed by atoms with Crippen LogP contribution in [0.1, 0.15) is 39.5 Å². The molecular formula is C20H22N2O6. The summed E-state index contributed by atoms with van der Waals surface area (Å²) >= 11 is 0. The molecule has 0 radical (unpaired) electrons. The molecule has 0 aromatic heterocycles. The Kier molecular flexibility index (Phi) is 6.92. The number of hydrogen-bond donors (Lipinski definition) is 0. The van der Waals surface area contributed by atoms with Crippen molar-refractivity contribution < 1.29 is 28.7 Å². The van der Waals surface area contributed by atoms with Crippen molar-refractivity contribution in [1.29, 1.82) is 0 Å². The molecule has 0 spiro atoms. The molecular weight excluding hydrogens is 364 g/mol. The van der Waals surface area contributed by atoms with E-state index in [0.29, 0.717) is 59.1 Å². The molecule has 0 aliphatic carbocycles. The van der Waals surface area contributed by atoms with Crippen LogP contribution < -0.4 is 0 Å². The van der Waals surface area contributed by atoms with Crippen molar-refractivity contribution in [2.75, 3.05) is 14.2 Å². The fourth-order valence-corrected chi connectivity index (χ4v) is 3.10. The predicted octanol–water partition coefficient (Wildman–Crippen LogP) is 2.04. The molecule has 28 heavy (non-hydrogen) atoms. The normalized spacial score (nSPS) is 18.9. The highest BCUT2D eigenvalue weighted by Gasteiger charge is 2.29. The number of hydrogen-bond acceptors (Lipinski definition) is 8. The van der Waals surface area contributed by atoms with Gasteiger partial charge in [-0.05, 0) is 49.0 Å². The van der Waals surface area contributed by atoms with Crippen molar-refractivity contribution in [2.45, 2.75) is 39.5 Å². The summed E-state index contributed by atoms with van der Waals surface area (Å²) in [5.41, 5.74) is 4.09. The number of aliphatic imine (C=N–C) groups is 2. The van der Waals surface area contributed by atoms with Crippen LogP contribution in [0.4, 0.5) is 0 Å². The Balaban J connectivity index is 2.52. The number of methoxy groups -OCH3 is 2. The highest BCUT2D eigenvalue weighted by molar-refractivity contribution is 6.39. The second-order valence-corrected chi connectivity index (χ2v) is 6.29. The van der Waals surface area contributed by atoms with Crippen LogP contribution in [0.2, 0.25) is 0 Å². The van der Waals surface area contributed by atoms with E-state index in [2.05, 4.69) is 19.5 Å². The van der Waals surface area contributed by atoms with E-state index in [4.69, 9.17) is 0 Å². The molecule has 2 aliphatic heterocycles. The third-order valence-corrected chi connectivity index (χ3v) is 4.77. The summed E-state index contributed by atoms with van der Waals surface area (Å²) in [6, 6.07) is 0. The van der Waals surface area contributed by atoms with Crippen molar-refractivity contribution in [3.63, 3.8) is 0 Å². The van der Waals surface area contributed by atoms with Gasteiger partial charge >= 0.3 is 11.9 Å². The molecule has 0 atom stereocenters. The molecule has 0 aromatic carbocycles. The lowest BCUT2D eigenvalue weighted by atomic mass is 9.96. The maximum atomic E-state index is 11.6. The molecule has 2 aliphatic rings. The van der Waals surface area contributed by atoms with Gasteiger partial charge in [-0.1, -0.05) is 0 Å². The van der Waals surface area contributed by atoms with E-state index in [1.54, 1.807) is 13.8 Å². The van der Waals surface area contributed by atoms with E-state index < -0.39 is 0 Å². The van der Waals surface area contributed by atoms with Gasteiger partial charge in [-0.25, -0.2) is 9.98 Å². The predicted molar refractivity (Wildman–Crippen MR) is 102 cm³/mol. The first kappa shape index (κ1) is 21.1. The summed E-state index contributed by atoms with van der Waals surface area (Å²) in [7, 11) is 2.61. The molecule has 0 saturated carbocycles. The average Bonchev–Trinajstić information content (AvgIpc) is 3.19. The Labute approximate surface area is 162 Å². The van der Waals surface area contributed by atoms with Gasteiger partial charge in [-0.15, -0.1) is 0 Å². The molecule has 8 heteroatoms. The van der Waals surface area contributed by atoms with Crippen LogP contribution >= 0.6 is 0 Å². The van der Waals surface area contributed by atoms with Crippen molar-refractivity contribution in [3.05, 3.63) is 33.7 Å². The number of ether oxygens (including phenoxy) is 2. The molecule has 0 bridgehead atoms. The monoisotopic (exact) mass is 386 g/mol.